The Bertz CT molecular complexity index is 579. The van der Waals surface area contributed by atoms with Crippen molar-refractivity contribution in [2.24, 2.45) is 4.99 Å². The van der Waals surface area contributed by atoms with Crippen LogP contribution in [0.15, 0.2) is 46.7 Å². The standard InChI is InChI=1S/C20H29ClN3.U/c1-6-13-22-15-16(3)20(18-8-10-19(21)11-9-18)24(5)14-12-17(4)23-7-2;/h8,10-13,15,20,23H,6-7,14H2,1-5H3;/q-1;/b16-15+,17-12+,22-13?;. The van der Waals surface area contributed by atoms with E-state index >= 15 is 0 Å². The Kier molecular flexibility index (Phi) is 13.4. The fourth-order valence-electron chi connectivity index (χ4n) is 2.50. The summed E-state index contributed by atoms with van der Waals surface area (Å²) in [5, 5.41) is 4.03. The van der Waals surface area contributed by atoms with Gasteiger partial charge in [0.1, 0.15) is 0 Å². The summed E-state index contributed by atoms with van der Waals surface area (Å²) in [6.45, 7) is 10.2. The number of likely N-dealkylation sites (N-methyl/N-ethyl adjacent to an activating group) is 1. The Balaban J connectivity index is 0.00000576. The Hall–Kier alpha value is -0.528. The second-order valence-electron chi connectivity index (χ2n) is 5.83. The van der Waals surface area contributed by atoms with E-state index in [4.69, 9.17) is 11.6 Å². The van der Waals surface area contributed by atoms with Gasteiger partial charge in [0, 0.05) is 68.4 Å². The first-order valence-electron chi connectivity index (χ1n) is 8.45. The minimum Gasteiger partial charge on any atom is -0.389 e. The molecule has 25 heavy (non-hydrogen) atoms. The molecule has 0 heterocycles. The predicted molar refractivity (Wildman–Crippen MR) is 106 cm³/mol. The van der Waals surface area contributed by atoms with Gasteiger partial charge in [0.2, 0.25) is 0 Å². The molecule has 0 amide bonds. The van der Waals surface area contributed by atoms with Crippen LogP contribution in [0.3, 0.4) is 0 Å². The van der Waals surface area contributed by atoms with Gasteiger partial charge in [0.05, 0.1) is 0 Å². The van der Waals surface area contributed by atoms with Gasteiger partial charge >= 0.3 is 0 Å². The van der Waals surface area contributed by atoms with Gasteiger partial charge in [-0.05, 0) is 39.8 Å². The maximum absolute atomic E-state index is 6.01. The zero-order chi connectivity index (χ0) is 17.9. The maximum Gasteiger partial charge on any atom is 0.0351 e. The molecular weight excluding hydrogens is 556 g/mol. The van der Waals surface area contributed by atoms with E-state index in [0.29, 0.717) is 5.02 Å². The predicted octanol–water partition coefficient (Wildman–Crippen LogP) is 5.01. The van der Waals surface area contributed by atoms with E-state index in [0.717, 1.165) is 25.1 Å². The summed E-state index contributed by atoms with van der Waals surface area (Å²) in [5.41, 5.74) is 3.46. The first-order chi connectivity index (χ1) is 11.5. The number of nitrogens with zero attached hydrogens (tertiary/aromatic N) is 2. The molecule has 0 aliphatic heterocycles. The van der Waals surface area contributed by atoms with E-state index in [1.54, 1.807) is 0 Å². The zero-order valence-corrected chi connectivity index (χ0v) is 20.9. The Morgan fingerprint density at radius 2 is 2.08 bits per heavy atom. The summed E-state index contributed by atoms with van der Waals surface area (Å²) in [4.78, 5) is 6.66. The topological polar surface area (TPSA) is 27.6 Å². The van der Waals surface area contributed by atoms with Crippen molar-refractivity contribution in [1.82, 2.24) is 10.2 Å². The van der Waals surface area contributed by atoms with Crippen molar-refractivity contribution in [2.75, 3.05) is 20.1 Å². The van der Waals surface area contributed by atoms with Gasteiger partial charge in [-0.15, -0.1) is 5.56 Å². The molecule has 1 atom stereocenters. The number of nitrogens with one attached hydrogen (secondary N) is 1. The van der Waals surface area contributed by atoms with E-state index in [-0.39, 0.29) is 37.2 Å². The second kappa shape index (κ2) is 13.6. The SMILES string of the molecule is CCC=N/C=C(\C)C(c1[c-]cc(Cl)cc1)N(C)C/C=C(\C)NCC.[U]. The van der Waals surface area contributed by atoms with Crippen molar-refractivity contribution in [3.63, 3.8) is 0 Å². The third-order valence-corrected chi connectivity index (χ3v) is 3.91. The minimum absolute atomic E-state index is 0. The summed E-state index contributed by atoms with van der Waals surface area (Å²) < 4.78 is 0. The van der Waals surface area contributed by atoms with Crippen molar-refractivity contribution >= 4 is 17.8 Å². The fourth-order valence-corrected chi connectivity index (χ4v) is 2.62. The number of halogens is 1. The van der Waals surface area contributed by atoms with Crippen LogP contribution in [0.5, 0.6) is 0 Å². The molecule has 0 fully saturated rings. The minimum atomic E-state index is 0. The van der Waals surface area contributed by atoms with Gasteiger partial charge in [-0.3, -0.25) is 9.89 Å². The molecule has 0 aromatic heterocycles. The van der Waals surface area contributed by atoms with Crippen molar-refractivity contribution in [1.29, 1.82) is 0 Å². The Morgan fingerprint density at radius 3 is 2.64 bits per heavy atom. The van der Waals surface area contributed by atoms with Crippen molar-refractivity contribution in [2.45, 2.75) is 40.2 Å². The molecule has 136 valence electrons. The Labute approximate surface area is 182 Å². The van der Waals surface area contributed by atoms with Crippen molar-refractivity contribution in [3.8, 4) is 0 Å². The first kappa shape index (κ1) is 24.5. The van der Waals surface area contributed by atoms with Gasteiger partial charge in [-0.25, -0.2) is 0 Å². The van der Waals surface area contributed by atoms with Crippen LogP contribution >= 0.6 is 11.6 Å². The molecule has 3 nitrogen and oxygen atoms in total. The molecule has 1 aromatic carbocycles. The number of aliphatic imine (C=N–C) groups is 1. The average molecular weight is 585 g/mol. The molecular formula is C20H29ClN3U-. The van der Waals surface area contributed by atoms with Crippen LogP contribution in [0, 0.1) is 37.2 Å². The summed E-state index contributed by atoms with van der Waals surface area (Å²) in [5.74, 6) is 0. The fraction of sp³-hybridized carbons (Fsp3) is 0.450. The van der Waals surface area contributed by atoms with E-state index in [1.807, 2.05) is 30.6 Å². The smallest absolute Gasteiger partial charge is 0.0351 e. The van der Waals surface area contributed by atoms with Crippen LogP contribution in [0.4, 0.5) is 0 Å². The monoisotopic (exact) mass is 584 g/mol. The molecule has 0 aliphatic carbocycles. The number of hydrogen-bond acceptors (Lipinski definition) is 3. The summed E-state index contributed by atoms with van der Waals surface area (Å²) in [6.07, 6.45) is 6.99. The summed E-state index contributed by atoms with van der Waals surface area (Å²) >= 11 is 6.01. The summed E-state index contributed by atoms with van der Waals surface area (Å²) in [7, 11) is 2.11. The average Bonchev–Trinajstić information content (AvgIpc) is 2.55. The van der Waals surface area contributed by atoms with E-state index in [9.17, 15) is 0 Å². The van der Waals surface area contributed by atoms with E-state index < -0.39 is 0 Å². The number of hydrogen-bond donors (Lipinski definition) is 1. The summed E-state index contributed by atoms with van der Waals surface area (Å²) in [6, 6.07) is 9.18. The quantitative estimate of drug-likeness (QED) is 0.327. The molecule has 0 bridgehead atoms. The van der Waals surface area contributed by atoms with Gasteiger partial charge in [-0.1, -0.05) is 18.0 Å². The molecule has 1 unspecified atom stereocenters. The number of rotatable bonds is 9. The molecule has 0 saturated heterocycles. The second-order valence-corrected chi connectivity index (χ2v) is 6.27. The number of benzene rings is 1. The molecule has 0 radical (unpaired) electrons. The van der Waals surface area contributed by atoms with Gasteiger partial charge in [0.25, 0.3) is 0 Å². The van der Waals surface area contributed by atoms with E-state index in [1.165, 1.54) is 11.3 Å². The van der Waals surface area contributed by atoms with Crippen molar-refractivity contribution in [3.05, 3.63) is 58.4 Å². The van der Waals surface area contributed by atoms with Crippen LogP contribution in [0.1, 0.15) is 45.7 Å². The molecule has 1 aromatic rings. The maximum atomic E-state index is 6.01. The van der Waals surface area contributed by atoms with Crippen LogP contribution in [-0.2, 0) is 0 Å². The Morgan fingerprint density at radius 1 is 1.36 bits per heavy atom. The normalized spacial score (nSPS) is 13.9. The van der Waals surface area contributed by atoms with Crippen LogP contribution < -0.4 is 5.32 Å². The van der Waals surface area contributed by atoms with Gasteiger partial charge < -0.3 is 5.32 Å². The molecule has 0 saturated carbocycles. The van der Waals surface area contributed by atoms with Gasteiger partial charge in [0.15, 0.2) is 0 Å². The molecule has 1 rings (SSSR count). The third-order valence-electron chi connectivity index (χ3n) is 3.67. The van der Waals surface area contributed by atoms with E-state index in [2.05, 4.69) is 62.1 Å². The van der Waals surface area contributed by atoms with Crippen LogP contribution in [0.2, 0.25) is 5.02 Å². The first-order valence-corrected chi connectivity index (χ1v) is 8.83. The van der Waals surface area contributed by atoms with Crippen LogP contribution in [0.25, 0.3) is 0 Å². The number of allylic oxidation sites excluding steroid dienone is 1. The largest absolute Gasteiger partial charge is 0.389 e. The zero-order valence-electron chi connectivity index (χ0n) is 15.9. The third kappa shape index (κ3) is 9.11. The van der Waals surface area contributed by atoms with Gasteiger partial charge in [-0.2, -0.15) is 35.9 Å². The van der Waals surface area contributed by atoms with Crippen molar-refractivity contribution < 1.29 is 31.1 Å². The molecule has 0 spiro atoms. The van der Waals surface area contributed by atoms with Crippen LogP contribution in [-0.4, -0.2) is 31.3 Å². The molecule has 0 aliphatic rings. The molecule has 5 heteroatoms. The molecule has 1 N–H and O–H groups in total.